The smallest absolute Gasteiger partial charge is 0.246 e. The summed E-state index contributed by atoms with van der Waals surface area (Å²) in [5.74, 6) is 0.00139. The van der Waals surface area contributed by atoms with Crippen LogP contribution in [0, 0.1) is 0 Å². The third-order valence-corrected chi connectivity index (χ3v) is 2.27. The van der Waals surface area contributed by atoms with Gasteiger partial charge in [-0.05, 0) is 26.3 Å². The van der Waals surface area contributed by atoms with Crippen LogP contribution in [0.3, 0.4) is 0 Å². The lowest BCUT2D eigenvalue weighted by molar-refractivity contribution is -0.118. The van der Waals surface area contributed by atoms with Crippen molar-refractivity contribution in [1.82, 2.24) is 15.1 Å². The highest BCUT2D eigenvalue weighted by atomic mass is 16.1. The van der Waals surface area contributed by atoms with E-state index >= 15 is 0 Å². The molecule has 0 aliphatic heterocycles. The third kappa shape index (κ3) is 3.88. The lowest BCUT2D eigenvalue weighted by atomic mass is 10.2. The van der Waals surface area contributed by atoms with Crippen LogP contribution in [0.5, 0.6) is 0 Å². The average Bonchev–Trinajstić information content (AvgIpc) is 2.70. The first-order valence-corrected chi connectivity index (χ1v) is 5.58. The molecule has 1 N–H and O–H groups in total. The van der Waals surface area contributed by atoms with E-state index < -0.39 is 0 Å². The summed E-state index contributed by atoms with van der Waals surface area (Å²) in [5, 5.41) is 7.03. The van der Waals surface area contributed by atoms with Gasteiger partial charge in [-0.3, -0.25) is 9.48 Å². The number of rotatable bonds is 5. The van der Waals surface area contributed by atoms with Gasteiger partial charge in [-0.2, -0.15) is 5.10 Å². The summed E-state index contributed by atoms with van der Waals surface area (Å²) in [6.45, 7) is 6.51. The van der Waals surface area contributed by atoms with Gasteiger partial charge in [-0.15, -0.1) is 0 Å². The second-order valence-electron chi connectivity index (χ2n) is 3.90. The molecule has 4 nitrogen and oxygen atoms in total. The first-order valence-electron chi connectivity index (χ1n) is 5.58. The van der Waals surface area contributed by atoms with Crippen molar-refractivity contribution in [3.63, 3.8) is 0 Å². The Morgan fingerprint density at radius 2 is 2.38 bits per heavy atom. The predicted octanol–water partition coefficient (Wildman–Crippen LogP) is 1.74. The quantitative estimate of drug-likeness (QED) is 0.770. The molecular formula is C12H19N3O. The average molecular weight is 221 g/mol. The molecule has 1 amide bonds. The molecule has 1 aromatic rings. The Morgan fingerprint density at radius 1 is 1.62 bits per heavy atom. The second-order valence-corrected chi connectivity index (χ2v) is 3.90. The minimum absolute atomic E-state index is 0.00139. The molecule has 1 unspecified atom stereocenters. The molecule has 0 saturated heterocycles. The molecule has 4 heteroatoms. The summed E-state index contributed by atoms with van der Waals surface area (Å²) in [7, 11) is 0. The third-order valence-electron chi connectivity index (χ3n) is 2.27. The maximum atomic E-state index is 11.7. The van der Waals surface area contributed by atoms with E-state index in [2.05, 4.69) is 10.4 Å². The first kappa shape index (κ1) is 12.5. The van der Waals surface area contributed by atoms with Gasteiger partial charge in [0.05, 0.1) is 6.54 Å². The Labute approximate surface area is 96.3 Å². The molecule has 16 heavy (non-hydrogen) atoms. The molecule has 0 aliphatic rings. The maximum absolute atomic E-state index is 11.7. The number of allylic oxidation sites excluding steroid dienone is 1. The van der Waals surface area contributed by atoms with Crippen molar-refractivity contribution in [2.24, 2.45) is 0 Å². The fourth-order valence-corrected chi connectivity index (χ4v) is 1.47. The van der Waals surface area contributed by atoms with Crippen molar-refractivity contribution >= 4 is 5.91 Å². The van der Waals surface area contributed by atoms with Gasteiger partial charge in [0.1, 0.15) is 0 Å². The summed E-state index contributed by atoms with van der Waals surface area (Å²) < 4.78 is 1.81. The molecular weight excluding hydrogens is 202 g/mol. The lowest BCUT2D eigenvalue weighted by Gasteiger charge is -2.14. The highest BCUT2D eigenvalue weighted by molar-refractivity contribution is 5.92. The number of hydrogen-bond acceptors (Lipinski definition) is 2. The van der Waals surface area contributed by atoms with Gasteiger partial charge in [0.15, 0.2) is 0 Å². The van der Waals surface area contributed by atoms with Gasteiger partial charge in [-0.25, -0.2) is 0 Å². The Morgan fingerprint density at radius 3 is 2.94 bits per heavy atom. The summed E-state index contributed by atoms with van der Waals surface area (Å²) in [6.07, 6.45) is 6.43. The van der Waals surface area contributed by atoms with Crippen LogP contribution < -0.4 is 5.32 Å². The number of nitrogens with zero attached hydrogens (tertiary/aromatic N) is 2. The molecule has 1 atom stereocenters. The van der Waals surface area contributed by atoms with E-state index in [1.165, 1.54) is 0 Å². The van der Waals surface area contributed by atoms with Crippen LogP contribution in [0.1, 0.15) is 27.2 Å². The van der Waals surface area contributed by atoms with E-state index in [-0.39, 0.29) is 11.9 Å². The summed E-state index contributed by atoms with van der Waals surface area (Å²) in [4.78, 5) is 11.7. The molecule has 1 aromatic heterocycles. The predicted molar refractivity (Wildman–Crippen MR) is 63.9 cm³/mol. The zero-order valence-electron chi connectivity index (χ0n) is 10.1. The second kappa shape index (κ2) is 6.10. The van der Waals surface area contributed by atoms with Gasteiger partial charge in [0.2, 0.25) is 5.91 Å². The van der Waals surface area contributed by atoms with Crippen LogP contribution in [0.2, 0.25) is 0 Å². The van der Waals surface area contributed by atoms with Crippen molar-refractivity contribution in [1.29, 1.82) is 0 Å². The normalized spacial score (nSPS) is 13.6. The molecule has 0 spiro atoms. The van der Waals surface area contributed by atoms with Crippen LogP contribution in [0.25, 0.3) is 0 Å². The Hall–Kier alpha value is -1.58. The summed E-state index contributed by atoms with van der Waals surface area (Å²) in [6, 6.07) is 1.95. The van der Waals surface area contributed by atoms with Crippen molar-refractivity contribution in [2.75, 3.05) is 0 Å². The van der Waals surface area contributed by atoms with Gasteiger partial charge in [-0.1, -0.05) is 13.0 Å². The fraction of sp³-hybridized carbons (Fsp3) is 0.500. The van der Waals surface area contributed by atoms with Crippen molar-refractivity contribution in [3.8, 4) is 0 Å². The number of nitrogens with one attached hydrogen (secondary N) is 1. The van der Waals surface area contributed by atoms with Crippen LogP contribution >= 0.6 is 0 Å². The van der Waals surface area contributed by atoms with Crippen molar-refractivity contribution in [3.05, 3.63) is 30.1 Å². The van der Waals surface area contributed by atoms with Crippen LogP contribution in [-0.4, -0.2) is 21.7 Å². The van der Waals surface area contributed by atoms with Gasteiger partial charge in [0.25, 0.3) is 0 Å². The standard InChI is InChI=1S/C12H19N3O/c1-4-6-10(2)12(16)14-11(3)9-15-8-5-7-13-15/h5-8,11H,4,9H2,1-3H3,(H,14,16)/b10-6+. The van der Waals surface area contributed by atoms with E-state index in [9.17, 15) is 4.79 Å². The van der Waals surface area contributed by atoms with Gasteiger partial charge in [0, 0.05) is 24.0 Å². The lowest BCUT2D eigenvalue weighted by Crippen LogP contribution is -2.36. The van der Waals surface area contributed by atoms with E-state index in [4.69, 9.17) is 0 Å². The largest absolute Gasteiger partial charge is 0.348 e. The van der Waals surface area contributed by atoms with E-state index in [1.54, 1.807) is 6.20 Å². The van der Waals surface area contributed by atoms with Crippen LogP contribution in [0.15, 0.2) is 30.1 Å². The number of hydrogen-bond donors (Lipinski definition) is 1. The molecule has 0 aliphatic carbocycles. The molecule has 0 saturated carbocycles. The molecule has 0 aromatic carbocycles. The molecule has 0 radical (unpaired) electrons. The van der Waals surface area contributed by atoms with Gasteiger partial charge < -0.3 is 5.32 Å². The van der Waals surface area contributed by atoms with Crippen LogP contribution in [-0.2, 0) is 11.3 Å². The SMILES string of the molecule is CC/C=C(\C)C(=O)NC(C)Cn1cccn1. The number of carbonyl (C=O) groups excluding carboxylic acids is 1. The van der Waals surface area contributed by atoms with E-state index in [0.717, 1.165) is 12.0 Å². The zero-order chi connectivity index (χ0) is 12.0. The maximum Gasteiger partial charge on any atom is 0.246 e. The van der Waals surface area contributed by atoms with E-state index in [0.29, 0.717) is 6.54 Å². The monoisotopic (exact) mass is 221 g/mol. The van der Waals surface area contributed by atoms with Crippen molar-refractivity contribution < 1.29 is 4.79 Å². The zero-order valence-corrected chi connectivity index (χ0v) is 10.1. The summed E-state index contributed by atoms with van der Waals surface area (Å²) in [5.41, 5.74) is 0.773. The topological polar surface area (TPSA) is 46.9 Å². The molecule has 88 valence electrons. The minimum atomic E-state index is 0.00139. The molecule has 1 rings (SSSR count). The van der Waals surface area contributed by atoms with Gasteiger partial charge >= 0.3 is 0 Å². The number of aromatic nitrogens is 2. The van der Waals surface area contributed by atoms with E-state index in [1.807, 2.05) is 43.8 Å². The minimum Gasteiger partial charge on any atom is -0.348 e. The highest BCUT2D eigenvalue weighted by Gasteiger charge is 2.08. The number of carbonyl (C=O) groups is 1. The Kier molecular flexibility index (Phi) is 4.76. The summed E-state index contributed by atoms with van der Waals surface area (Å²) >= 11 is 0. The molecule has 1 heterocycles. The molecule has 0 fully saturated rings. The number of amides is 1. The fourth-order valence-electron chi connectivity index (χ4n) is 1.47. The molecule has 0 bridgehead atoms. The van der Waals surface area contributed by atoms with Crippen molar-refractivity contribution in [2.45, 2.75) is 39.8 Å². The Bertz CT molecular complexity index is 354. The first-order chi connectivity index (χ1) is 7.63. The Balaban J connectivity index is 2.42. The van der Waals surface area contributed by atoms with Crippen LogP contribution in [0.4, 0.5) is 0 Å². The highest BCUT2D eigenvalue weighted by Crippen LogP contribution is 1.97.